The molecule has 174 valence electrons. The van der Waals surface area contributed by atoms with E-state index in [0.29, 0.717) is 17.1 Å². The van der Waals surface area contributed by atoms with Crippen molar-refractivity contribution in [3.63, 3.8) is 0 Å². The number of urea groups is 1. The van der Waals surface area contributed by atoms with Crippen LogP contribution in [0.25, 0.3) is 10.9 Å². The average molecular weight is 458 g/mol. The van der Waals surface area contributed by atoms with Gasteiger partial charge in [0.2, 0.25) is 0 Å². The topological polar surface area (TPSA) is 91.7 Å². The van der Waals surface area contributed by atoms with Crippen molar-refractivity contribution in [1.29, 1.82) is 0 Å². The van der Waals surface area contributed by atoms with Crippen LogP contribution in [0.2, 0.25) is 0 Å². The Labute approximate surface area is 197 Å². The molecule has 8 heteroatoms. The molecule has 1 atom stereocenters. The molecule has 5 rings (SSSR count). The van der Waals surface area contributed by atoms with E-state index in [0.717, 1.165) is 49.3 Å². The SMILES string of the molecule is O=C(Nc1ccc(Oc2ccccc2)cc1)Nc1ccc2nn(CCN3CC[C@H](O)C3)cc2c1. The summed E-state index contributed by atoms with van der Waals surface area (Å²) in [6, 6.07) is 22.1. The van der Waals surface area contributed by atoms with Gasteiger partial charge in [0.1, 0.15) is 11.5 Å². The van der Waals surface area contributed by atoms with Gasteiger partial charge in [0.25, 0.3) is 0 Å². The molecule has 2 heterocycles. The maximum Gasteiger partial charge on any atom is 0.323 e. The molecule has 34 heavy (non-hydrogen) atoms. The first-order chi connectivity index (χ1) is 16.6. The minimum atomic E-state index is -0.323. The molecule has 3 N–H and O–H groups in total. The Kier molecular flexibility index (Phi) is 6.42. The first-order valence-electron chi connectivity index (χ1n) is 11.4. The third-order valence-corrected chi connectivity index (χ3v) is 5.79. The van der Waals surface area contributed by atoms with Crippen LogP contribution in [0.1, 0.15) is 6.42 Å². The lowest BCUT2D eigenvalue weighted by molar-refractivity contribution is 0.174. The highest BCUT2D eigenvalue weighted by molar-refractivity contribution is 6.00. The molecule has 0 bridgehead atoms. The quantitative estimate of drug-likeness (QED) is 0.379. The summed E-state index contributed by atoms with van der Waals surface area (Å²) in [6.07, 6.45) is 2.61. The standard InChI is InChI=1S/C26H27N5O3/c32-22-12-13-30(18-22)14-15-31-17-19-16-21(8-11-25(19)29-31)28-26(33)27-20-6-9-24(10-7-20)34-23-4-2-1-3-5-23/h1-11,16-17,22,32H,12-15,18H2,(H2,27,28,33)/t22-/m0/s1. The number of carbonyl (C=O) groups is 1. The summed E-state index contributed by atoms with van der Waals surface area (Å²) < 4.78 is 7.69. The molecular weight excluding hydrogens is 430 g/mol. The number of carbonyl (C=O) groups excluding carboxylic acids is 1. The minimum Gasteiger partial charge on any atom is -0.457 e. The summed E-state index contributed by atoms with van der Waals surface area (Å²) in [6.45, 7) is 3.27. The molecule has 0 spiro atoms. The number of aliphatic hydroxyl groups excluding tert-OH is 1. The largest absolute Gasteiger partial charge is 0.457 e. The van der Waals surface area contributed by atoms with E-state index < -0.39 is 0 Å². The van der Waals surface area contributed by atoms with Gasteiger partial charge in [0.15, 0.2) is 0 Å². The fraction of sp³-hybridized carbons (Fsp3) is 0.231. The van der Waals surface area contributed by atoms with E-state index in [9.17, 15) is 9.90 Å². The zero-order valence-corrected chi connectivity index (χ0v) is 18.7. The van der Waals surface area contributed by atoms with E-state index in [1.54, 1.807) is 12.1 Å². The molecule has 2 amide bonds. The molecule has 1 aliphatic heterocycles. The van der Waals surface area contributed by atoms with Crippen LogP contribution in [-0.2, 0) is 6.54 Å². The van der Waals surface area contributed by atoms with Crippen LogP contribution in [0.5, 0.6) is 11.5 Å². The number of benzene rings is 3. The highest BCUT2D eigenvalue weighted by Gasteiger charge is 2.19. The number of hydrogen-bond donors (Lipinski definition) is 3. The number of nitrogens with zero attached hydrogens (tertiary/aromatic N) is 3. The molecule has 1 aliphatic rings. The van der Waals surface area contributed by atoms with Crippen molar-refractivity contribution in [2.24, 2.45) is 0 Å². The van der Waals surface area contributed by atoms with Gasteiger partial charge < -0.3 is 20.5 Å². The van der Waals surface area contributed by atoms with Gasteiger partial charge in [-0.15, -0.1) is 0 Å². The van der Waals surface area contributed by atoms with Crippen molar-refractivity contribution in [3.05, 3.63) is 79.0 Å². The second-order valence-electron chi connectivity index (χ2n) is 8.43. The second-order valence-corrected chi connectivity index (χ2v) is 8.43. The van der Waals surface area contributed by atoms with E-state index in [4.69, 9.17) is 4.74 Å². The maximum atomic E-state index is 12.5. The molecule has 1 aromatic heterocycles. The van der Waals surface area contributed by atoms with Crippen LogP contribution in [0.3, 0.4) is 0 Å². The van der Waals surface area contributed by atoms with E-state index >= 15 is 0 Å². The van der Waals surface area contributed by atoms with Crippen molar-refractivity contribution in [3.8, 4) is 11.5 Å². The zero-order valence-electron chi connectivity index (χ0n) is 18.7. The van der Waals surface area contributed by atoms with Crippen molar-refractivity contribution in [2.45, 2.75) is 19.1 Å². The van der Waals surface area contributed by atoms with Crippen molar-refractivity contribution >= 4 is 28.3 Å². The summed E-state index contributed by atoms with van der Waals surface area (Å²) >= 11 is 0. The summed E-state index contributed by atoms with van der Waals surface area (Å²) in [7, 11) is 0. The first kappa shape index (κ1) is 21.9. The lowest BCUT2D eigenvalue weighted by atomic mass is 10.2. The molecule has 1 fully saturated rings. The van der Waals surface area contributed by atoms with Gasteiger partial charge in [-0.1, -0.05) is 18.2 Å². The van der Waals surface area contributed by atoms with Crippen molar-refractivity contribution < 1.29 is 14.6 Å². The number of anilines is 2. The Morgan fingerprint density at radius 2 is 1.71 bits per heavy atom. The van der Waals surface area contributed by atoms with Crippen molar-refractivity contribution in [1.82, 2.24) is 14.7 Å². The summed E-state index contributed by atoms with van der Waals surface area (Å²) in [5, 5.41) is 20.9. The van der Waals surface area contributed by atoms with Crippen LogP contribution < -0.4 is 15.4 Å². The van der Waals surface area contributed by atoms with Crippen LogP contribution in [0.15, 0.2) is 79.0 Å². The number of nitrogens with one attached hydrogen (secondary N) is 2. The number of amides is 2. The fourth-order valence-corrected chi connectivity index (χ4v) is 4.05. The fourth-order valence-electron chi connectivity index (χ4n) is 4.05. The lowest BCUT2D eigenvalue weighted by Crippen LogP contribution is -2.26. The maximum absolute atomic E-state index is 12.5. The van der Waals surface area contributed by atoms with Crippen LogP contribution in [0.4, 0.5) is 16.2 Å². The Morgan fingerprint density at radius 1 is 0.971 bits per heavy atom. The Morgan fingerprint density at radius 3 is 2.47 bits per heavy atom. The number of aliphatic hydroxyl groups is 1. The Bertz CT molecular complexity index is 1260. The smallest absolute Gasteiger partial charge is 0.323 e. The molecule has 1 saturated heterocycles. The van der Waals surface area contributed by atoms with Gasteiger partial charge in [-0.3, -0.25) is 9.58 Å². The summed E-state index contributed by atoms with van der Waals surface area (Å²) in [5.74, 6) is 1.45. The van der Waals surface area contributed by atoms with E-state index in [1.807, 2.05) is 71.5 Å². The highest BCUT2D eigenvalue weighted by atomic mass is 16.5. The molecule has 0 radical (unpaired) electrons. The van der Waals surface area contributed by atoms with Crippen molar-refractivity contribution in [2.75, 3.05) is 30.3 Å². The molecule has 8 nitrogen and oxygen atoms in total. The average Bonchev–Trinajstić information content (AvgIpc) is 3.44. The first-order valence-corrected chi connectivity index (χ1v) is 11.4. The van der Waals surface area contributed by atoms with Gasteiger partial charge in [-0.25, -0.2) is 4.79 Å². The number of rotatable bonds is 7. The van der Waals surface area contributed by atoms with E-state index in [1.165, 1.54) is 0 Å². The second kappa shape index (κ2) is 9.94. The van der Waals surface area contributed by atoms with E-state index in [-0.39, 0.29) is 12.1 Å². The molecule has 3 aromatic carbocycles. The number of ether oxygens (including phenoxy) is 1. The van der Waals surface area contributed by atoms with E-state index in [2.05, 4.69) is 20.6 Å². The van der Waals surface area contributed by atoms with Gasteiger partial charge in [0.05, 0.1) is 18.2 Å². The van der Waals surface area contributed by atoms with Gasteiger partial charge in [-0.2, -0.15) is 5.10 Å². The normalized spacial score (nSPS) is 16.0. The van der Waals surface area contributed by atoms with Crippen LogP contribution >= 0.6 is 0 Å². The Balaban J connectivity index is 1.15. The van der Waals surface area contributed by atoms with Crippen LogP contribution in [-0.4, -0.2) is 51.6 Å². The van der Waals surface area contributed by atoms with Gasteiger partial charge >= 0.3 is 6.03 Å². The number of para-hydroxylation sites is 1. The summed E-state index contributed by atoms with van der Waals surface area (Å²) in [4.78, 5) is 14.7. The third kappa shape index (κ3) is 5.54. The third-order valence-electron chi connectivity index (χ3n) is 5.79. The summed E-state index contributed by atoms with van der Waals surface area (Å²) in [5.41, 5.74) is 2.23. The minimum absolute atomic E-state index is 0.211. The predicted molar refractivity (Wildman–Crippen MR) is 132 cm³/mol. The monoisotopic (exact) mass is 457 g/mol. The lowest BCUT2D eigenvalue weighted by Gasteiger charge is -2.14. The predicted octanol–water partition coefficient (Wildman–Crippen LogP) is 4.54. The number of hydrogen-bond acceptors (Lipinski definition) is 5. The zero-order chi connectivity index (χ0) is 23.3. The molecular formula is C26H27N5O3. The number of likely N-dealkylation sites (tertiary alicyclic amines) is 1. The molecule has 4 aromatic rings. The molecule has 0 saturated carbocycles. The van der Waals surface area contributed by atoms with Crippen LogP contribution in [0, 0.1) is 0 Å². The number of aromatic nitrogens is 2. The molecule has 0 aliphatic carbocycles. The molecule has 0 unspecified atom stereocenters. The highest BCUT2D eigenvalue weighted by Crippen LogP contribution is 2.23. The number of fused-ring (bicyclic) bond motifs is 1. The van der Waals surface area contributed by atoms with Gasteiger partial charge in [-0.05, 0) is 61.0 Å². The Hall–Kier alpha value is -3.88. The number of β-amino-alcohol motifs (C(OH)–C–C–N with tert-alkyl or cyclic N) is 1. The van der Waals surface area contributed by atoms with Gasteiger partial charge in [0, 0.05) is 42.6 Å².